The van der Waals surface area contributed by atoms with Gasteiger partial charge in [-0.15, -0.1) is 0 Å². The summed E-state index contributed by atoms with van der Waals surface area (Å²) in [5, 5.41) is 3.47. The lowest BCUT2D eigenvalue weighted by Gasteiger charge is -2.43. The number of ether oxygens (including phenoxy) is 1. The van der Waals surface area contributed by atoms with Crippen LogP contribution in [0.4, 0.5) is 0 Å². The molecule has 152 valence electrons. The minimum Gasteiger partial charge on any atom is -0.497 e. The molecule has 0 aromatic heterocycles. The third-order valence-corrected chi connectivity index (χ3v) is 8.15. The standard InChI is InChI=1S/C24H34N2O2/c1-28-20-8-7-18-14-22(17-5-3-2-4-6-17)26(16-19(18)13-20)23(27)21-15-24(21)9-11-25-12-10-24/h7-8,13,17,21-22,25H,2-6,9-12,14-16H2,1H3. The summed E-state index contributed by atoms with van der Waals surface area (Å²) in [6, 6.07) is 6.86. The zero-order valence-electron chi connectivity index (χ0n) is 17.2. The molecule has 4 aliphatic rings. The van der Waals surface area contributed by atoms with Crippen molar-refractivity contribution in [3.8, 4) is 5.75 Å². The Morgan fingerprint density at radius 3 is 2.68 bits per heavy atom. The van der Waals surface area contributed by atoms with Crippen molar-refractivity contribution in [3.05, 3.63) is 29.3 Å². The molecule has 4 heteroatoms. The van der Waals surface area contributed by atoms with Crippen LogP contribution >= 0.6 is 0 Å². The molecule has 2 aliphatic heterocycles. The molecule has 4 nitrogen and oxygen atoms in total. The van der Waals surface area contributed by atoms with Crippen LogP contribution in [0.3, 0.4) is 0 Å². The number of amides is 1. The number of fused-ring (bicyclic) bond motifs is 1. The highest BCUT2D eigenvalue weighted by Gasteiger charge is 2.59. The van der Waals surface area contributed by atoms with Crippen molar-refractivity contribution in [2.75, 3.05) is 20.2 Å². The number of nitrogens with zero attached hydrogens (tertiary/aromatic N) is 1. The molecule has 1 aromatic carbocycles. The summed E-state index contributed by atoms with van der Waals surface area (Å²) in [5.74, 6) is 2.30. The predicted molar refractivity (Wildman–Crippen MR) is 110 cm³/mol. The Labute approximate surface area is 169 Å². The van der Waals surface area contributed by atoms with Gasteiger partial charge >= 0.3 is 0 Å². The van der Waals surface area contributed by atoms with E-state index in [1.807, 2.05) is 0 Å². The van der Waals surface area contributed by atoms with E-state index in [9.17, 15) is 4.79 Å². The molecule has 2 aliphatic carbocycles. The maximum absolute atomic E-state index is 13.7. The van der Waals surface area contributed by atoms with Crippen LogP contribution in [0.25, 0.3) is 0 Å². The molecule has 1 spiro atoms. The smallest absolute Gasteiger partial charge is 0.226 e. The first-order chi connectivity index (χ1) is 13.7. The SMILES string of the molecule is COc1ccc2c(c1)CN(C(=O)C1CC13CCNCC3)C(C1CCCCC1)C2. The van der Waals surface area contributed by atoms with E-state index in [0.717, 1.165) is 38.2 Å². The molecule has 5 rings (SSSR count). The molecule has 28 heavy (non-hydrogen) atoms. The molecule has 1 aromatic rings. The van der Waals surface area contributed by atoms with Crippen LogP contribution < -0.4 is 10.1 Å². The van der Waals surface area contributed by atoms with Crippen molar-refractivity contribution in [3.63, 3.8) is 0 Å². The zero-order valence-corrected chi connectivity index (χ0v) is 17.2. The van der Waals surface area contributed by atoms with E-state index in [-0.39, 0.29) is 5.92 Å². The van der Waals surface area contributed by atoms with Gasteiger partial charge in [-0.1, -0.05) is 25.3 Å². The number of nitrogens with one attached hydrogen (secondary N) is 1. The monoisotopic (exact) mass is 382 g/mol. The molecule has 2 heterocycles. The molecule has 1 saturated heterocycles. The van der Waals surface area contributed by atoms with Gasteiger partial charge in [-0.2, -0.15) is 0 Å². The molecule has 2 saturated carbocycles. The first-order valence-electron chi connectivity index (χ1n) is 11.4. The predicted octanol–water partition coefficient (Wildman–Crippen LogP) is 3.92. The largest absolute Gasteiger partial charge is 0.497 e. The Balaban J connectivity index is 1.41. The molecule has 1 amide bonds. The van der Waals surface area contributed by atoms with Gasteiger partial charge in [0.05, 0.1) is 7.11 Å². The second kappa shape index (κ2) is 7.37. The number of hydrogen-bond acceptors (Lipinski definition) is 3. The van der Waals surface area contributed by atoms with Gasteiger partial charge < -0.3 is 15.0 Å². The van der Waals surface area contributed by atoms with Crippen molar-refractivity contribution < 1.29 is 9.53 Å². The minimum absolute atomic E-state index is 0.271. The second-order valence-electron chi connectivity index (χ2n) is 9.64. The van der Waals surface area contributed by atoms with Gasteiger partial charge in [-0.25, -0.2) is 0 Å². The lowest BCUT2D eigenvalue weighted by Crippen LogP contribution is -2.50. The molecule has 0 bridgehead atoms. The van der Waals surface area contributed by atoms with E-state index in [1.54, 1.807) is 7.11 Å². The Bertz CT molecular complexity index is 734. The molecule has 2 atom stereocenters. The second-order valence-corrected chi connectivity index (χ2v) is 9.64. The number of hydrogen-bond donors (Lipinski definition) is 1. The van der Waals surface area contributed by atoms with Crippen molar-refractivity contribution in [1.29, 1.82) is 0 Å². The number of carbonyl (C=O) groups excluding carboxylic acids is 1. The first-order valence-corrected chi connectivity index (χ1v) is 11.4. The Hall–Kier alpha value is -1.55. The number of benzene rings is 1. The van der Waals surface area contributed by atoms with E-state index in [4.69, 9.17) is 4.74 Å². The Morgan fingerprint density at radius 2 is 1.93 bits per heavy atom. The van der Waals surface area contributed by atoms with Crippen molar-refractivity contribution in [2.45, 2.75) is 70.4 Å². The number of methoxy groups -OCH3 is 1. The minimum atomic E-state index is 0.271. The fourth-order valence-electron chi connectivity index (χ4n) is 6.27. The summed E-state index contributed by atoms with van der Waals surface area (Å²) in [6.07, 6.45) is 11.1. The third-order valence-electron chi connectivity index (χ3n) is 8.15. The average molecular weight is 383 g/mol. The van der Waals surface area contributed by atoms with Crippen LogP contribution in [-0.2, 0) is 17.8 Å². The highest BCUT2D eigenvalue weighted by Crippen LogP contribution is 2.59. The summed E-state index contributed by atoms with van der Waals surface area (Å²) in [6.45, 7) is 2.93. The maximum Gasteiger partial charge on any atom is 0.226 e. The highest BCUT2D eigenvalue weighted by molar-refractivity contribution is 5.83. The van der Waals surface area contributed by atoms with Crippen LogP contribution in [0.2, 0.25) is 0 Å². The zero-order chi connectivity index (χ0) is 19.1. The lowest BCUT2D eigenvalue weighted by atomic mass is 9.78. The van der Waals surface area contributed by atoms with Gasteiger partial charge in [0.15, 0.2) is 0 Å². The van der Waals surface area contributed by atoms with Gasteiger partial charge in [0, 0.05) is 18.5 Å². The van der Waals surface area contributed by atoms with Crippen molar-refractivity contribution in [2.24, 2.45) is 17.3 Å². The summed E-state index contributed by atoms with van der Waals surface area (Å²) < 4.78 is 5.46. The Morgan fingerprint density at radius 1 is 1.14 bits per heavy atom. The van der Waals surface area contributed by atoms with Gasteiger partial charge in [0.1, 0.15) is 5.75 Å². The fourth-order valence-corrected chi connectivity index (χ4v) is 6.27. The van der Waals surface area contributed by atoms with Gasteiger partial charge in [-0.3, -0.25) is 4.79 Å². The quantitative estimate of drug-likeness (QED) is 0.862. The lowest BCUT2D eigenvalue weighted by molar-refractivity contribution is -0.139. The van der Waals surface area contributed by atoms with Crippen LogP contribution in [-0.4, -0.2) is 37.0 Å². The molecule has 2 unspecified atom stereocenters. The molecule has 0 radical (unpaired) electrons. The molecular formula is C24H34N2O2. The molecular weight excluding hydrogens is 348 g/mol. The summed E-state index contributed by atoms with van der Waals surface area (Å²) in [5.41, 5.74) is 3.03. The van der Waals surface area contributed by atoms with Gasteiger partial charge in [0.2, 0.25) is 5.91 Å². The fraction of sp³-hybridized carbons (Fsp3) is 0.708. The molecule has 3 fully saturated rings. The van der Waals surface area contributed by atoms with Crippen molar-refractivity contribution >= 4 is 5.91 Å². The number of rotatable bonds is 3. The van der Waals surface area contributed by atoms with E-state index in [0.29, 0.717) is 23.3 Å². The highest BCUT2D eigenvalue weighted by atomic mass is 16.5. The van der Waals surface area contributed by atoms with Gasteiger partial charge in [0.25, 0.3) is 0 Å². The van der Waals surface area contributed by atoms with E-state index in [1.165, 1.54) is 56.1 Å². The maximum atomic E-state index is 13.7. The summed E-state index contributed by atoms with van der Waals surface area (Å²) in [7, 11) is 1.73. The topological polar surface area (TPSA) is 41.6 Å². The van der Waals surface area contributed by atoms with Crippen molar-refractivity contribution in [1.82, 2.24) is 10.2 Å². The van der Waals surface area contributed by atoms with Crippen LogP contribution in [0.15, 0.2) is 18.2 Å². The van der Waals surface area contributed by atoms with Crippen LogP contribution in [0.1, 0.15) is 62.5 Å². The number of carbonyl (C=O) groups is 1. The number of piperidine rings is 1. The van der Waals surface area contributed by atoms with Gasteiger partial charge in [-0.05, 0) is 86.2 Å². The summed E-state index contributed by atoms with van der Waals surface area (Å²) >= 11 is 0. The van der Waals surface area contributed by atoms with E-state index in [2.05, 4.69) is 28.4 Å². The van der Waals surface area contributed by atoms with E-state index < -0.39 is 0 Å². The summed E-state index contributed by atoms with van der Waals surface area (Å²) in [4.78, 5) is 16.0. The van der Waals surface area contributed by atoms with E-state index >= 15 is 0 Å². The first kappa shape index (κ1) is 18.5. The third kappa shape index (κ3) is 3.24. The average Bonchev–Trinajstić information content (AvgIpc) is 3.45. The van der Waals surface area contributed by atoms with Crippen LogP contribution in [0.5, 0.6) is 5.75 Å². The molecule has 1 N–H and O–H groups in total. The van der Waals surface area contributed by atoms with Crippen LogP contribution in [0, 0.1) is 17.3 Å². The normalized spacial score (nSPS) is 29.4. The Kier molecular flexibility index (Phi) is 4.86.